The zero-order valence-corrected chi connectivity index (χ0v) is 17.1. The Morgan fingerprint density at radius 1 is 1.25 bits per heavy atom. The first-order valence-electron chi connectivity index (χ1n) is 8.62. The summed E-state index contributed by atoms with van der Waals surface area (Å²) in [6, 6.07) is 0. The summed E-state index contributed by atoms with van der Waals surface area (Å²) < 4.78 is 2.01. The minimum atomic E-state index is -0.346. The van der Waals surface area contributed by atoms with Crippen LogP contribution in [0, 0.1) is 25.7 Å². The second-order valence-corrected chi connectivity index (χ2v) is 7.81. The predicted octanol–water partition coefficient (Wildman–Crippen LogP) is 3.00. The maximum absolute atomic E-state index is 12.5. The zero-order chi connectivity index (χ0) is 17.8. The second-order valence-electron chi connectivity index (χ2n) is 7.81. The van der Waals surface area contributed by atoms with Crippen molar-refractivity contribution in [3.05, 3.63) is 17.0 Å². The molecular weight excluding hydrogens is 324 g/mol. The van der Waals surface area contributed by atoms with Crippen molar-refractivity contribution in [2.24, 2.45) is 17.6 Å². The third kappa shape index (κ3) is 6.44. The fourth-order valence-electron chi connectivity index (χ4n) is 3.14. The Bertz CT molecular complexity index is 539. The van der Waals surface area contributed by atoms with Crippen molar-refractivity contribution in [3.63, 3.8) is 0 Å². The van der Waals surface area contributed by atoms with Gasteiger partial charge in [-0.15, -0.1) is 12.4 Å². The zero-order valence-electron chi connectivity index (χ0n) is 16.3. The van der Waals surface area contributed by atoms with E-state index in [4.69, 9.17) is 5.73 Å². The molecule has 0 aliphatic heterocycles. The molecule has 0 saturated heterocycles. The molecule has 1 amide bonds. The van der Waals surface area contributed by atoms with Gasteiger partial charge in [-0.2, -0.15) is 5.10 Å². The molecule has 0 radical (unpaired) electrons. The normalized spacial score (nSPS) is 13.8. The van der Waals surface area contributed by atoms with Gasteiger partial charge in [0.05, 0.1) is 12.1 Å². The Morgan fingerprint density at radius 3 is 2.29 bits per heavy atom. The van der Waals surface area contributed by atoms with Crippen LogP contribution >= 0.6 is 12.4 Å². The van der Waals surface area contributed by atoms with Gasteiger partial charge in [-0.25, -0.2) is 0 Å². The quantitative estimate of drug-likeness (QED) is 0.750. The molecule has 0 fully saturated rings. The van der Waals surface area contributed by atoms with Crippen LogP contribution in [-0.2, 0) is 17.8 Å². The molecule has 1 unspecified atom stereocenters. The predicted molar refractivity (Wildman–Crippen MR) is 103 cm³/mol. The van der Waals surface area contributed by atoms with E-state index in [0.717, 1.165) is 29.9 Å². The molecule has 24 heavy (non-hydrogen) atoms. The lowest BCUT2D eigenvalue weighted by Crippen LogP contribution is -2.52. The molecule has 0 spiro atoms. The standard InChI is InChI=1S/C18H34N4O.ClH/c1-12(2)9-18(7,11-19)20-17(23)8-16-14(5)21-22(15(16)6)10-13(3)4;/h12-13H,8-11,19H2,1-7H3,(H,20,23);1H. The number of carbonyl (C=O) groups is 1. The largest absolute Gasteiger partial charge is 0.349 e. The molecule has 0 aliphatic carbocycles. The topological polar surface area (TPSA) is 72.9 Å². The second kappa shape index (κ2) is 9.42. The molecule has 1 heterocycles. The Morgan fingerprint density at radius 2 is 1.83 bits per heavy atom. The maximum atomic E-state index is 12.5. The van der Waals surface area contributed by atoms with Gasteiger partial charge in [0.15, 0.2) is 0 Å². The average molecular weight is 359 g/mol. The third-order valence-corrected chi connectivity index (χ3v) is 4.16. The number of hydrogen-bond donors (Lipinski definition) is 2. The van der Waals surface area contributed by atoms with Crippen LogP contribution in [0.25, 0.3) is 0 Å². The smallest absolute Gasteiger partial charge is 0.225 e. The lowest BCUT2D eigenvalue weighted by molar-refractivity contribution is -0.122. The Labute approximate surface area is 153 Å². The third-order valence-electron chi connectivity index (χ3n) is 4.16. The monoisotopic (exact) mass is 358 g/mol. The van der Waals surface area contributed by atoms with Crippen LogP contribution < -0.4 is 11.1 Å². The van der Waals surface area contributed by atoms with Gasteiger partial charge in [0, 0.05) is 29.9 Å². The number of hydrogen-bond acceptors (Lipinski definition) is 3. The van der Waals surface area contributed by atoms with Crippen LogP contribution in [-0.4, -0.2) is 27.8 Å². The van der Waals surface area contributed by atoms with Crippen molar-refractivity contribution in [2.75, 3.05) is 6.54 Å². The summed E-state index contributed by atoms with van der Waals surface area (Å²) in [6.07, 6.45) is 1.24. The molecule has 3 N–H and O–H groups in total. The van der Waals surface area contributed by atoms with E-state index < -0.39 is 0 Å². The van der Waals surface area contributed by atoms with Crippen molar-refractivity contribution < 1.29 is 4.79 Å². The summed E-state index contributed by atoms with van der Waals surface area (Å²) >= 11 is 0. The SMILES string of the molecule is Cc1nn(CC(C)C)c(C)c1CC(=O)NC(C)(CN)CC(C)C.Cl. The number of nitrogens with zero attached hydrogens (tertiary/aromatic N) is 2. The molecule has 1 aromatic heterocycles. The van der Waals surface area contributed by atoms with E-state index in [9.17, 15) is 4.79 Å². The van der Waals surface area contributed by atoms with Gasteiger partial charge >= 0.3 is 0 Å². The van der Waals surface area contributed by atoms with Crippen LogP contribution in [0.4, 0.5) is 0 Å². The van der Waals surface area contributed by atoms with Crippen molar-refractivity contribution in [1.29, 1.82) is 0 Å². The number of nitrogens with one attached hydrogen (secondary N) is 1. The highest BCUT2D eigenvalue weighted by Gasteiger charge is 2.26. The van der Waals surface area contributed by atoms with Gasteiger partial charge in [-0.05, 0) is 39.0 Å². The van der Waals surface area contributed by atoms with Crippen LogP contribution in [0.2, 0.25) is 0 Å². The maximum Gasteiger partial charge on any atom is 0.225 e. The molecule has 0 bridgehead atoms. The van der Waals surface area contributed by atoms with Gasteiger partial charge in [-0.3, -0.25) is 9.48 Å². The molecule has 0 aliphatic rings. The number of aromatic nitrogens is 2. The fraction of sp³-hybridized carbons (Fsp3) is 0.778. The number of aryl methyl sites for hydroxylation is 1. The van der Waals surface area contributed by atoms with E-state index >= 15 is 0 Å². The van der Waals surface area contributed by atoms with Crippen molar-refractivity contribution in [2.45, 2.75) is 73.4 Å². The van der Waals surface area contributed by atoms with Gasteiger partial charge in [0.1, 0.15) is 0 Å². The number of rotatable bonds is 8. The molecule has 6 heteroatoms. The Hall–Kier alpha value is -1.07. The summed E-state index contributed by atoms with van der Waals surface area (Å²) in [5, 5.41) is 7.71. The molecule has 1 aromatic rings. The van der Waals surface area contributed by atoms with Crippen molar-refractivity contribution in [3.8, 4) is 0 Å². The average Bonchev–Trinajstić information content (AvgIpc) is 2.64. The molecule has 1 atom stereocenters. The molecule has 0 saturated carbocycles. The van der Waals surface area contributed by atoms with Crippen molar-refractivity contribution in [1.82, 2.24) is 15.1 Å². The van der Waals surface area contributed by atoms with Gasteiger partial charge in [0.25, 0.3) is 0 Å². The number of nitrogens with two attached hydrogens (primary N) is 1. The van der Waals surface area contributed by atoms with Crippen LogP contribution in [0.15, 0.2) is 0 Å². The van der Waals surface area contributed by atoms with E-state index in [-0.39, 0.29) is 23.9 Å². The van der Waals surface area contributed by atoms with E-state index in [2.05, 4.69) is 38.1 Å². The van der Waals surface area contributed by atoms with E-state index in [1.54, 1.807) is 0 Å². The molecule has 1 rings (SSSR count). The molecule has 5 nitrogen and oxygen atoms in total. The van der Waals surface area contributed by atoms with E-state index in [1.165, 1.54) is 0 Å². The lowest BCUT2D eigenvalue weighted by atomic mass is 9.90. The minimum Gasteiger partial charge on any atom is -0.349 e. The molecular formula is C18H35ClN4O. The van der Waals surface area contributed by atoms with Crippen LogP contribution in [0.1, 0.15) is 58.0 Å². The van der Waals surface area contributed by atoms with Gasteiger partial charge < -0.3 is 11.1 Å². The molecule has 140 valence electrons. The van der Waals surface area contributed by atoms with Gasteiger partial charge in [0.2, 0.25) is 5.91 Å². The summed E-state index contributed by atoms with van der Waals surface area (Å²) in [5.74, 6) is 1.04. The highest BCUT2D eigenvalue weighted by atomic mass is 35.5. The fourth-order valence-corrected chi connectivity index (χ4v) is 3.14. The molecule has 0 aromatic carbocycles. The Kier molecular flexibility index (Phi) is 9.00. The first kappa shape index (κ1) is 22.9. The van der Waals surface area contributed by atoms with Gasteiger partial charge in [-0.1, -0.05) is 27.7 Å². The van der Waals surface area contributed by atoms with Crippen LogP contribution in [0.5, 0.6) is 0 Å². The first-order valence-corrected chi connectivity index (χ1v) is 8.62. The van der Waals surface area contributed by atoms with E-state index in [1.807, 2.05) is 25.5 Å². The first-order chi connectivity index (χ1) is 10.6. The van der Waals surface area contributed by atoms with E-state index in [0.29, 0.717) is 24.8 Å². The van der Waals surface area contributed by atoms with Crippen LogP contribution in [0.3, 0.4) is 0 Å². The summed E-state index contributed by atoms with van der Waals surface area (Å²) in [6.45, 7) is 16.0. The summed E-state index contributed by atoms with van der Waals surface area (Å²) in [5.41, 5.74) is 8.60. The number of halogens is 1. The highest BCUT2D eigenvalue weighted by molar-refractivity contribution is 5.85. The number of amides is 1. The summed E-state index contributed by atoms with van der Waals surface area (Å²) in [4.78, 5) is 12.5. The Balaban J connectivity index is 0.00000529. The number of carbonyl (C=O) groups excluding carboxylic acids is 1. The van der Waals surface area contributed by atoms with Crippen molar-refractivity contribution >= 4 is 18.3 Å². The minimum absolute atomic E-state index is 0. The summed E-state index contributed by atoms with van der Waals surface area (Å²) in [7, 11) is 0. The highest BCUT2D eigenvalue weighted by Crippen LogP contribution is 2.18. The lowest BCUT2D eigenvalue weighted by Gasteiger charge is -2.31.